The molecule has 0 spiro atoms. The molecular weight excluding hydrogens is 352 g/mol. The molecule has 0 saturated carbocycles. The quantitative estimate of drug-likeness (QED) is 0.718. The molecule has 0 amide bonds. The number of aryl methyl sites for hydroxylation is 1. The van der Waals surface area contributed by atoms with Crippen molar-refractivity contribution in [2.75, 3.05) is 22.1 Å². The number of rotatable bonds is 4. The maximum absolute atomic E-state index is 11.7. The Balaban J connectivity index is 1.67. The summed E-state index contributed by atoms with van der Waals surface area (Å²) in [5, 5.41) is 6.36. The number of sulfone groups is 1. The third kappa shape index (κ3) is 3.57. The second kappa shape index (κ2) is 6.49. The molecule has 1 fully saturated rings. The van der Waals surface area contributed by atoms with Gasteiger partial charge in [0.2, 0.25) is 5.95 Å². The molecule has 1 aliphatic rings. The van der Waals surface area contributed by atoms with Crippen molar-refractivity contribution in [2.45, 2.75) is 19.4 Å². The van der Waals surface area contributed by atoms with Crippen LogP contribution >= 0.6 is 0 Å². The van der Waals surface area contributed by atoms with Crippen LogP contribution in [0.4, 0.5) is 17.5 Å². The molecule has 0 unspecified atom stereocenters. The van der Waals surface area contributed by atoms with Crippen LogP contribution in [0.2, 0.25) is 0 Å². The highest BCUT2D eigenvalue weighted by Crippen LogP contribution is 2.24. The molecule has 3 aromatic rings. The van der Waals surface area contributed by atoms with Gasteiger partial charge in [-0.3, -0.25) is 0 Å². The van der Waals surface area contributed by atoms with Crippen molar-refractivity contribution in [1.29, 1.82) is 0 Å². The van der Waals surface area contributed by atoms with Crippen molar-refractivity contribution in [2.24, 2.45) is 0 Å². The molecule has 2 aromatic heterocycles. The Labute approximate surface area is 151 Å². The van der Waals surface area contributed by atoms with Crippen LogP contribution in [0.15, 0.2) is 36.7 Å². The van der Waals surface area contributed by atoms with Crippen LogP contribution in [0.1, 0.15) is 12.0 Å². The third-order valence-corrected chi connectivity index (χ3v) is 5.98. The topological polar surface area (TPSA) is 110 Å². The predicted molar refractivity (Wildman–Crippen MR) is 100 cm³/mol. The normalized spacial score (nSPS) is 18.7. The molecule has 0 radical (unpaired) electrons. The number of nitrogens with zero attached hydrogens (tertiary/aromatic N) is 4. The van der Waals surface area contributed by atoms with Gasteiger partial charge in [0, 0.05) is 24.1 Å². The minimum atomic E-state index is -2.98. The highest BCUT2D eigenvalue weighted by Gasteiger charge is 2.28. The van der Waals surface area contributed by atoms with Gasteiger partial charge in [0.05, 0.1) is 11.5 Å². The number of aromatic nitrogens is 4. The van der Waals surface area contributed by atoms with E-state index in [9.17, 15) is 8.42 Å². The molecule has 1 aliphatic heterocycles. The summed E-state index contributed by atoms with van der Waals surface area (Å²) in [6.45, 7) is 2.02. The molecule has 134 valence electrons. The lowest BCUT2D eigenvalue weighted by Gasteiger charge is -2.13. The van der Waals surface area contributed by atoms with E-state index in [0.717, 1.165) is 11.3 Å². The summed E-state index contributed by atoms with van der Waals surface area (Å²) in [6, 6.07) is 7.72. The summed E-state index contributed by atoms with van der Waals surface area (Å²) in [6.07, 6.45) is 3.70. The molecule has 9 heteroatoms. The smallest absolute Gasteiger partial charge is 0.227 e. The van der Waals surface area contributed by atoms with Crippen molar-refractivity contribution in [3.05, 3.63) is 42.2 Å². The first kappa shape index (κ1) is 16.6. The maximum atomic E-state index is 11.7. The van der Waals surface area contributed by atoms with Gasteiger partial charge in [0.15, 0.2) is 26.8 Å². The Kier molecular flexibility index (Phi) is 4.15. The minimum absolute atomic E-state index is 0.0928. The van der Waals surface area contributed by atoms with Crippen molar-refractivity contribution in [3.63, 3.8) is 0 Å². The third-order valence-electron chi connectivity index (χ3n) is 4.21. The fourth-order valence-corrected chi connectivity index (χ4v) is 4.55. The largest absolute Gasteiger partial charge is 0.350 e. The molecule has 1 atom stereocenters. The van der Waals surface area contributed by atoms with E-state index in [0.29, 0.717) is 29.4 Å². The van der Waals surface area contributed by atoms with E-state index in [4.69, 9.17) is 0 Å². The SMILES string of the molecule is Cc1ccc(Nc2nc(N[C@H]3CCS(=O)(=O)C3)nc3nccnc23)cc1. The van der Waals surface area contributed by atoms with Crippen molar-refractivity contribution in [1.82, 2.24) is 19.9 Å². The average Bonchev–Trinajstić information content (AvgIpc) is 2.95. The standard InChI is InChI=1S/C17H18N6O2S/c1-11-2-4-12(5-3-11)20-16-14-15(19-8-7-18-14)22-17(23-16)21-13-6-9-26(24,25)10-13/h2-5,7-8,13H,6,9-10H2,1H3,(H2,19,20,21,22,23)/t13-/m0/s1. The number of anilines is 3. The van der Waals surface area contributed by atoms with Crippen LogP contribution in [0, 0.1) is 6.92 Å². The lowest BCUT2D eigenvalue weighted by Crippen LogP contribution is -2.22. The van der Waals surface area contributed by atoms with Crippen LogP contribution in [0.3, 0.4) is 0 Å². The Morgan fingerprint density at radius 1 is 1.08 bits per heavy atom. The van der Waals surface area contributed by atoms with Crippen molar-refractivity contribution >= 4 is 38.5 Å². The van der Waals surface area contributed by atoms with Crippen molar-refractivity contribution in [3.8, 4) is 0 Å². The van der Waals surface area contributed by atoms with Gasteiger partial charge < -0.3 is 10.6 Å². The van der Waals surface area contributed by atoms with E-state index in [-0.39, 0.29) is 17.5 Å². The summed E-state index contributed by atoms with van der Waals surface area (Å²) in [5.41, 5.74) is 3.03. The molecule has 26 heavy (non-hydrogen) atoms. The molecule has 0 bridgehead atoms. The fourth-order valence-electron chi connectivity index (χ4n) is 2.88. The average molecular weight is 370 g/mol. The molecule has 2 N–H and O–H groups in total. The van der Waals surface area contributed by atoms with Gasteiger partial charge in [-0.2, -0.15) is 9.97 Å². The Morgan fingerprint density at radius 2 is 1.85 bits per heavy atom. The zero-order valence-electron chi connectivity index (χ0n) is 14.2. The van der Waals surface area contributed by atoms with E-state index < -0.39 is 9.84 Å². The van der Waals surface area contributed by atoms with Crippen LogP contribution in [-0.2, 0) is 9.84 Å². The predicted octanol–water partition coefficient (Wildman–Crippen LogP) is 2.07. The number of fused-ring (bicyclic) bond motifs is 1. The minimum Gasteiger partial charge on any atom is -0.350 e. The zero-order chi connectivity index (χ0) is 18.1. The number of nitrogens with one attached hydrogen (secondary N) is 2. The van der Waals surface area contributed by atoms with Crippen LogP contribution < -0.4 is 10.6 Å². The second-order valence-corrected chi connectivity index (χ2v) is 8.59. The summed E-state index contributed by atoms with van der Waals surface area (Å²) in [5.74, 6) is 1.15. The van der Waals surface area contributed by atoms with E-state index in [1.54, 1.807) is 12.4 Å². The lowest BCUT2D eigenvalue weighted by atomic mass is 10.2. The van der Waals surface area contributed by atoms with E-state index >= 15 is 0 Å². The number of hydrogen-bond acceptors (Lipinski definition) is 8. The summed E-state index contributed by atoms with van der Waals surface area (Å²) in [7, 11) is -2.98. The van der Waals surface area contributed by atoms with Gasteiger partial charge in [0.25, 0.3) is 0 Å². The van der Waals surface area contributed by atoms with E-state index in [1.165, 1.54) is 0 Å². The molecular formula is C17H18N6O2S. The number of benzene rings is 1. The molecule has 8 nitrogen and oxygen atoms in total. The number of hydrogen-bond donors (Lipinski definition) is 2. The Morgan fingerprint density at radius 3 is 2.58 bits per heavy atom. The van der Waals surface area contributed by atoms with Crippen LogP contribution in [0.5, 0.6) is 0 Å². The first-order valence-electron chi connectivity index (χ1n) is 8.28. The zero-order valence-corrected chi connectivity index (χ0v) is 15.0. The molecule has 1 aromatic carbocycles. The monoisotopic (exact) mass is 370 g/mol. The summed E-state index contributed by atoms with van der Waals surface area (Å²) in [4.78, 5) is 17.4. The van der Waals surface area contributed by atoms with Gasteiger partial charge in [-0.15, -0.1) is 0 Å². The van der Waals surface area contributed by atoms with Gasteiger partial charge in [-0.1, -0.05) is 17.7 Å². The molecule has 0 aliphatic carbocycles. The molecule has 3 heterocycles. The Bertz CT molecular complexity index is 1050. The maximum Gasteiger partial charge on any atom is 0.227 e. The highest BCUT2D eigenvalue weighted by atomic mass is 32.2. The molecule has 1 saturated heterocycles. The fraction of sp³-hybridized carbons (Fsp3) is 0.294. The summed E-state index contributed by atoms with van der Waals surface area (Å²) < 4.78 is 23.3. The second-order valence-electron chi connectivity index (χ2n) is 6.36. The van der Waals surface area contributed by atoms with Crippen LogP contribution in [-0.4, -0.2) is 45.9 Å². The first-order chi connectivity index (χ1) is 12.5. The Hall–Kier alpha value is -2.81. The first-order valence-corrected chi connectivity index (χ1v) is 10.1. The van der Waals surface area contributed by atoms with E-state index in [2.05, 4.69) is 30.6 Å². The molecule has 4 rings (SSSR count). The van der Waals surface area contributed by atoms with Gasteiger partial charge in [0.1, 0.15) is 0 Å². The van der Waals surface area contributed by atoms with Gasteiger partial charge >= 0.3 is 0 Å². The highest BCUT2D eigenvalue weighted by molar-refractivity contribution is 7.91. The summed E-state index contributed by atoms with van der Waals surface area (Å²) >= 11 is 0. The lowest BCUT2D eigenvalue weighted by molar-refractivity contribution is 0.602. The van der Waals surface area contributed by atoms with Crippen LogP contribution in [0.25, 0.3) is 11.2 Å². The van der Waals surface area contributed by atoms with Crippen molar-refractivity contribution < 1.29 is 8.42 Å². The van der Waals surface area contributed by atoms with E-state index in [1.807, 2.05) is 31.2 Å². The van der Waals surface area contributed by atoms with Gasteiger partial charge in [-0.25, -0.2) is 18.4 Å². The van der Waals surface area contributed by atoms with Gasteiger partial charge in [-0.05, 0) is 25.5 Å².